The summed E-state index contributed by atoms with van der Waals surface area (Å²) in [5, 5.41) is 12.4. The third-order valence-electron chi connectivity index (χ3n) is 5.14. The molecule has 0 spiro atoms. The van der Waals surface area contributed by atoms with E-state index >= 15 is 0 Å². The van der Waals surface area contributed by atoms with E-state index < -0.39 is 0 Å². The molecule has 7 nitrogen and oxygen atoms in total. The first kappa shape index (κ1) is 19.4. The van der Waals surface area contributed by atoms with Crippen LogP contribution in [0.1, 0.15) is 30.2 Å². The second kappa shape index (κ2) is 8.65. The van der Waals surface area contributed by atoms with Gasteiger partial charge in [-0.3, -0.25) is 4.79 Å². The van der Waals surface area contributed by atoms with Gasteiger partial charge in [-0.2, -0.15) is 11.3 Å². The van der Waals surface area contributed by atoms with Crippen LogP contribution < -0.4 is 9.47 Å². The highest BCUT2D eigenvalue weighted by Gasteiger charge is 2.28. The van der Waals surface area contributed by atoms with Crippen LogP contribution in [0.15, 0.2) is 39.4 Å². The molecule has 1 aliphatic rings. The van der Waals surface area contributed by atoms with E-state index in [1.807, 2.05) is 39.9 Å². The molecule has 1 amide bonds. The summed E-state index contributed by atoms with van der Waals surface area (Å²) in [6.07, 6.45) is 2.17. The third-order valence-corrected chi connectivity index (χ3v) is 5.82. The number of piperidine rings is 1. The predicted octanol–water partition coefficient (Wildman–Crippen LogP) is 3.76. The molecule has 1 atom stereocenters. The van der Waals surface area contributed by atoms with Gasteiger partial charge in [0, 0.05) is 24.0 Å². The van der Waals surface area contributed by atoms with E-state index in [0.717, 1.165) is 30.5 Å². The Balaban J connectivity index is 1.42. The first-order valence-corrected chi connectivity index (χ1v) is 10.5. The van der Waals surface area contributed by atoms with Crippen molar-refractivity contribution in [2.45, 2.75) is 25.2 Å². The third kappa shape index (κ3) is 4.27. The Morgan fingerprint density at radius 2 is 2.10 bits per heavy atom. The number of carbonyl (C=O) groups excluding carboxylic acids is 1. The minimum absolute atomic E-state index is 0.0676. The van der Waals surface area contributed by atoms with Crippen molar-refractivity contribution in [1.29, 1.82) is 0 Å². The maximum atomic E-state index is 12.9. The molecule has 1 unspecified atom stereocenters. The number of rotatable bonds is 6. The topological polar surface area (TPSA) is 77.7 Å². The van der Waals surface area contributed by atoms with Crippen molar-refractivity contribution in [1.82, 2.24) is 15.1 Å². The molecule has 152 valence electrons. The van der Waals surface area contributed by atoms with E-state index in [2.05, 4.69) is 10.2 Å². The summed E-state index contributed by atoms with van der Waals surface area (Å²) in [4.78, 5) is 14.8. The van der Waals surface area contributed by atoms with Crippen molar-refractivity contribution in [2.75, 3.05) is 27.3 Å². The maximum absolute atomic E-state index is 12.9. The van der Waals surface area contributed by atoms with Gasteiger partial charge in [-0.25, -0.2) is 0 Å². The minimum Gasteiger partial charge on any atom is -0.493 e. The second-order valence-electron chi connectivity index (χ2n) is 7.00. The number of amides is 1. The van der Waals surface area contributed by atoms with Crippen LogP contribution >= 0.6 is 11.3 Å². The molecule has 1 fully saturated rings. The summed E-state index contributed by atoms with van der Waals surface area (Å²) in [6.45, 7) is 1.34. The average molecular weight is 413 g/mol. The van der Waals surface area contributed by atoms with Crippen molar-refractivity contribution >= 4 is 17.2 Å². The van der Waals surface area contributed by atoms with Crippen LogP contribution in [0.5, 0.6) is 11.5 Å². The minimum atomic E-state index is 0.0676. The van der Waals surface area contributed by atoms with Crippen LogP contribution in [-0.4, -0.2) is 48.3 Å². The highest BCUT2D eigenvalue weighted by atomic mass is 32.1. The first-order chi connectivity index (χ1) is 14.2. The second-order valence-corrected chi connectivity index (χ2v) is 7.78. The van der Waals surface area contributed by atoms with Crippen LogP contribution in [0, 0.1) is 0 Å². The van der Waals surface area contributed by atoms with Crippen LogP contribution in [0.4, 0.5) is 0 Å². The average Bonchev–Trinajstić information content (AvgIpc) is 3.45. The number of benzene rings is 1. The van der Waals surface area contributed by atoms with E-state index in [4.69, 9.17) is 13.9 Å². The summed E-state index contributed by atoms with van der Waals surface area (Å²) in [5.74, 6) is 2.57. The van der Waals surface area contributed by atoms with E-state index in [0.29, 0.717) is 36.2 Å². The molecule has 8 heteroatoms. The molecule has 4 rings (SSSR count). The monoisotopic (exact) mass is 413 g/mol. The molecule has 0 aliphatic carbocycles. The zero-order valence-corrected chi connectivity index (χ0v) is 17.3. The number of ether oxygens (including phenoxy) is 2. The lowest BCUT2D eigenvalue weighted by molar-refractivity contribution is -0.131. The smallest absolute Gasteiger partial charge is 0.248 e. The van der Waals surface area contributed by atoms with Gasteiger partial charge in [0.15, 0.2) is 11.5 Å². The van der Waals surface area contributed by atoms with E-state index in [1.54, 1.807) is 25.6 Å². The number of likely N-dealkylation sites (tertiary alicyclic amines) is 1. The molecule has 0 N–H and O–H groups in total. The van der Waals surface area contributed by atoms with Crippen molar-refractivity contribution in [3.8, 4) is 23.0 Å². The van der Waals surface area contributed by atoms with Gasteiger partial charge in [0.25, 0.3) is 0 Å². The van der Waals surface area contributed by atoms with Crippen molar-refractivity contribution in [2.24, 2.45) is 0 Å². The molecule has 29 heavy (non-hydrogen) atoms. The summed E-state index contributed by atoms with van der Waals surface area (Å²) < 4.78 is 16.5. The molecule has 0 radical (unpaired) electrons. The Kier molecular flexibility index (Phi) is 5.80. The van der Waals surface area contributed by atoms with Crippen LogP contribution in [0.2, 0.25) is 0 Å². The molecular weight excluding hydrogens is 390 g/mol. The van der Waals surface area contributed by atoms with Crippen LogP contribution in [-0.2, 0) is 11.2 Å². The van der Waals surface area contributed by atoms with Crippen molar-refractivity contribution in [3.63, 3.8) is 0 Å². The quantitative estimate of drug-likeness (QED) is 0.612. The van der Waals surface area contributed by atoms with E-state index in [1.165, 1.54) is 0 Å². The lowest BCUT2D eigenvalue weighted by Crippen LogP contribution is -2.40. The molecule has 0 bridgehead atoms. The first-order valence-electron chi connectivity index (χ1n) is 9.52. The predicted molar refractivity (Wildman–Crippen MR) is 109 cm³/mol. The van der Waals surface area contributed by atoms with Gasteiger partial charge in [0.05, 0.1) is 26.6 Å². The lowest BCUT2D eigenvalue weighted by Gasteiger charge is -2.31. The number of methoxy groups -OCH3 is 2. The van der Waals surface area contributed by atoms with Gasteiger partial charge in [0.2, 0.25) is 17.7 Å². The van der Waals surface area contributed by atoms with Gasteiger partial charge < -0.3 is 18.8 Å². The maximum Gasteiger partial charge on any atom is 0.248 e. The van der Waals surface area contributed by atoms with Gasteiger partial charge in [-0.1, -0.05) is 6.07 Å². The lowest BCUT2D eigenvalue weighted by atomic mass is 9.97. The molecular formula is C21H23N3O4S. The number of thiophene rings is 1. The molecule has 1 aromatic carbocycles. The number of nitrogens with zero attached hydrogens (tertiary/aromatic N) is 3. The Labute approximate surface area is 173 Å². The zero-order chi connectivity index (χ0) is 20.2. The number of aromatic nitrogens is 2. The summed E-state index contributed by atoms with van der Waals surface area (Å²) in [7, 11) is 3.19. The fraction of sp³-hybridized carbons (Fsp3) is 0.381. The summed E-state index contributed by atoms with van der Waals surface area (Å²) in [5.41, 5.74) is 1.83. The Morgan fingerprint density at radius 1 is 1.24 bits per heavy atom. The largest absolute Gasteiger partial charge is 0.493 e. The fourth-order valence-corrected chi connectivity index (χ4v) is 4.21. The van der Waals surface area contributed by atoms with Gasteiger partial charge in [0.1, 0.15) is 0 Å². The van der Waals surface area contributed by atoms with Crippen LogP contribution in [0.3, 0.4) is 0 Å². The Bertz CT molecular complexity index is 970. The number of hydrogen-bond acceptors (Lipinski definition) is 7. The molecule has 0 saturated carbocycles. The molecule has 1 aliphatic heterocycles. The number of hydrogen-bond donors (Lipinski definition) is 0. The summed E-state index contributed by atoms with van der Waals surface area (Å²) >= 11 is 1.59. The molecule has 1 saturated heterocycles. The molecule has 3 heterocycles. The van der Waals surface area contributed by atoms with Crippen molar-refractivity contribution < 1.29 is 18.7 Å². The number of carbonyl (C=O) groups is 1. The fourth-order valence-electron chi connectivity index (χ4n) is 3.58. The van der Waals surface area contributed by atoms with Gasteiger partial charge >= 0.3 is 0 Å². The van der Waals surface area contributed by atoms with Gasteiger partial charge in [-0.15, -0.1) is 10.2 Å². The van der Waals surface area contributed by atoms with Crippen LogP contribution in [0.25, 0.3) is 11.5 Å². The van der Waals surface area contributed by atoms with Crippen molar-refractivity contribution in [3.05, 3.63) is 46.5 Å². The highest BCUT2D eigenvalue weighted by Crippen LogP contribution is 2.30. The zero-order valence-electron chi connectivity index (χ0n) is 16.5. The van der Waals surface area contributed by atoms with Gasteiger partial charge in [-0.05, 0) is 42.0 Å². The molecule has 3 aromatic rings. The van der Waals surface area contributed by atoms with E-state index in [9.17, 15) is 4.79 Å². The normalized spacial score (nSPS) is 16.6. The standard InChI is InChI=1S/C21H23N3O4S/c1-26-17-6-5-14(10-18(17)27-2)11-19(25)24-8-3-4-15(12-24)20-22-23-21(28-20)16-7-9-29-13-16/h5-7,9-10,13,15H,3-4,8,11-12H2,1-2H3. The SMILES string of the molecule is COc1ccc(CC(=O)N2CCCC(c3nnc(-c4ccsc4)o3)C2)cc1OC. The Hall–Kier alpha value is -2.87. The highest BCUT2D eigenvalue weighted by molar-refractivity contribution is 7.08. The summed E-state index contributed by atoms with van der Waals surface area (Å²) in [6, 6.07) is 7.53. The van der Waals surface area contributed by atoms with E-state index in [-0.39, 0.29) is 11.8 Å². The Morgan fingerprint density at radius 3 is 2.86 bits per heavy atom. The molecule has 2 aromatic heterocycles.